The van der Waals surface area contributed by atoms with Crippen molar-refractivity contribution in [3.63, 3.8) is 0 Å². The van der Waals surface area contributed by atoms with Gasteiger partial charge in [0.05, 0.1) is 21.3 Å². The first-order valence-corrected chi connectivity index (χ1v) is 7.37. The van der Waals surface area contributed by atoms with Crippen LogP contribution in [0.1, 0.15) is 41.5 Å². The molecular formula is C13H22F3NO3S. The summed E-state index contributed by atoms with van der Waals surface area (Å²) in [6, 6.07) is -2.42. The van der Waals surface area contributed by atoms with Gasteiger partial charge in [-0.1, -0.05) is 6.58 Å². The van der Waals surface area contributed by atoms with Gasteiger partial charge in [-0.2, -0.15) is 13.2 Å². The van der Waals surface area contributed by atoms with E-state index >= 15 is 0 Å². The number of halogens is 3. The number of alkyl halides is 3. The van der Waals surface area contributed by atoms with Gasteiger partial charge in [0.2, 0.25) is 0 Å². The van der Waals surface area contributed by atoms with Crippen molar-refractivity contribution in [3.05, 3.63) is 12.2 Å². The van der Waals surface area contributed by atoms with E-state index in [1.807, 2.05) is 4.72 Å². The monoisotopic (exact) mass is 329 g/mol. The first-order valence-electron chi connectivity index (χ1n) is 6.22. The molecule has 0 aliphatic carbocycles. The normalized spacial score (nSPS) is 16.2. The van der Waals surface area contributed by atoms with E-state index < -0.39 is 45.1 Å². The van der Waals surface area contributed by atoms with Crippen molar-refractivity contribution < 1.29 is 26.9 Å². The van der Waals surface area contributed by atoms with E-state index in [-0.39, 0.29) is 0 Å². The van der Waals surface area contributed by atoms with E-state index in [2.05, 4.69) is 6.58 Å². The lowest BCUT2D eigenvalue weighted by atomic mass is 10.1. The molecule has 0 radical (unpaired) electrons. The fourth-order valence-corrected chi connectivity index (χ4v) is 1.92. The van der Waals surface area contributed by atoms with E-state index in [0.29, 0.717) is 0 Å². The zero-order valence-corrected chi connectivity index (χ0v) is 13.9. The van der Waals surface area contributed by atoms with Crippen molar-refractivity contribution in [1.82, 2.24) is 4.72 Å². The van der Waals surface area contributed by atoms with Gasteiger partial charge in [-0.3, -0.25) is 0 Å². The molecule has 0 bridgehead atoms. The quantitative estimate of drug-likeness (QED) is 0.637. The summed E-state index contributed by atoms with van der Waals surface area (Å²) in [5, 5.41) is 0. The summed E-state index contributed by atoms with van der Waals surface area (Å²) in [7, 11) is -2.01. The summed E-state index contributed by atoms with van der Waals surface area (Å²) in [6.45, 7) is 12.3. The lowest BCUT2D eigenvalue weighted by Gasteiger charge is -2.28. The smallest absolute Gasteiger partial charge is 0.409 e. The Bertz CT molecular complexity index is 433. The number of nitrogens with one attached hydrogen (secondary N) is 1. The van der Waals surface area contributed by atoms with Gasteiger partial charge >= 0.3 is 12.1 Å². The Labute approximate surface area is 125 Å². The Kier molecular flexibility index (Phi) is 6.20. The molecule has 0 aliphatic rings. The molecule has 0 fully saturated rings. The van der Waals surface area contributed by atoms with Gasteiger partial charge in [-0.25, -0.2) is 13.7 Å². The molecule has 124 valence electrons. The van der Waals surface area contributed by atoms with Crippen molar-refractivity contribution in [2.75, 3.05) is 0 Å². The minimum Gasteiger partial charge on any atom is -0.457 e. The largest absolute Gasteiger partial charge is 0.457 e. The molecule has 0 amide bonds. The molecule has 0 aromatic heterocycles. The summed E-state index contributed by atoms with van der Waals surface area (Å²) in [4.78, 5) is 11.7. The highest BCUT2D eigenvalue weighted by Crippen LogP contribution is 2.27. The third kappa shape index (κ3) is 7.08. The number of ether oxygens (including phenoxy) is 1. The standard InChI is InChI=1S/C13H22F3NO3S/c1-8(10(18)20-11(2,3)4)9(13(14,15)16)17-21(19)12(5,6)7/h9,17H,1H2,2-7H3/t9-,21?/m1/s1. The molecule has 0 aromatic carbocycles. The number of esters is 1. The third-order valence-corrected chi connectivity index (χ3v) is 3.68. The van der Waals surface area contributed by atoms with Crippen molar-refractivity contribution in [2.24, 2.45) is 0 Å². The number of rotatable bonds is 4. The van der Waals surface area contributed by atoms with E-state index in [1.165, 1.54) is 41.5 Å². The predicted molar refractivity (Wildman–Crippen MR) is 75.9 cm³/mol. The van der Waals surface area contributed by atoms with Crippen LogP contribution in [-0.4, -0.2) is 32.7 Å². The van der Waals surface area contributed by atoms with Crippen LogP contribution in [0.25, 0.3) is 0 Å². The number of hydrogen-bond donors (Lipinski definition) is 1. The third-order valence-electron chi connectivity index (χ3n) is 2.12. The van der Waals surface area contributed by atoms with Gasteiger partial charge in [0.15, 0.2) is 0 Å². The summed E-state index contributed by atoms with van der Waals surface area (Å²) < 4.78 is 56.8. The van der Waals surface area contributed by atoms with Crippen molar-refractivity contribution >= 4 is 17.0 Å². The second-order valence-electron chi connectivity index (χ2n) is 6.50. The molecular weight excluding hydrogens is 307 g/mol. The van der Waals surface area contributed by atoms with E-state index in [0.717, 1.165) is 0 Å². The molecule has 1 unspecified atom stereocenters. The lowest BCUT2D eigenvalue weighted by molar-refractivity contribution is -0.161. The minimum absolute atomic E-state index is 0.824. The molecule has 0 saturated heterocycles. The van der Waals surface area contributed by atoms with Crippen LogP contribution in [0.3, 0.4) is 0 Å². The van der Waals surface area contributed by atoms with Crippen molar-refractivity contribution in [2.45, 2.75) is 64.1 Å². The maximum absolute atomic E-state index is 13.0. The highest BCUT2D eigenvalue weighted by atomic mass is 32.2. The zero-order chi connectivity index (χ0) is 17.2. The summed E-state index contributed by atoms with van der Waals surface area (Å²) in [5.74, 6) is -1.18. The maximum atomic E-state index is 13.0. The molecule has 0 aliphatic heterocycles. The van der Waals surface area contributed by atoms with Crippen LogP contribution in [0.15, 0.2) is 12.2 Å². The van der Waals surface area contributed by atoms with Gasteiger partial charge < -0.3 is 4.74 Å². The maximum Gasteiger partial charge on any atom is 0.409 e. The molecule has 21 heavy (non-hydrogen) atoms. The minimum atomic E-state index is -4.81. The van der Waals surface area contributed by atoms with Crippen LogP contribution in [-0.2, 0) is 20.5 Å². The first-order chi connectivity index (χ1) is 9.05. The van der Waals surface area contributed by atoms with Gasteiger partial charge in [0, 0.05) is 0 Å². The molecule has 0 heterocycles. The molecule has 0 rings (SSSR count). The van der Waals surface area contributed by atoms with Crippen molar-refractivity contribution in [1.29, 1.82) is 0 Å². The Morgan fingerprint density at radius 1 is 1.14 bits per heavy atom. The van der Waals surface area contributed by atoms with E-state index in [9.17, 15) is 22.2 Å². The first kappa shape index (κ1) is 20.1. The topological polar surface area (TPSA) is 55.4 Å². The van der Waals surface area contributed by atoms with Crippen LogP contribution in [0, 0.1) is 0 Å². The predicted octanol–water partition coefficient (Wildman–Crippen LogP) is 2.87. The molecule has 0 aromatic rings. The van der Waals surface area contributed by atoms with Crippen LogP contribution < -0.4 is 4.72 Å². The van der Waals surface area contributed by atoms with Gasteiger partial charge in [0.25, 0.3) is 0 Å². The molecule has 4 nitrogen and oxygen atoms in total. The van der Waals surface area contributed by atoms with E-state index in [4.69, 9.17) is 4.74 Å². The van der Waals surface area contributed by atoms with Crippen LogP contribution in [0.5, 0.6) is 0 Å². The molecule has 0 spiro atoms. The zero-order valence-electron chi connectivity index (χ0n) is 13.1. The Balaban J connectivity index is 5.24. The molecule has 2 atom stereocenters. The Morgan fingerprint density at radius 3 is 1.86 bits per heavy atom. The Hall–Kier alpha value is -0.890. The van der Waals surface area contributed by atoms with Crippen LogP contribution >= 0.6 is 0 Å². The van der Waals surface area contributed by atoms with Gasteiger partial charge in [0.1, 0.15) is 11.6 Å². The van der Waals surface area contributed by atoms with Crippen molar-refractivity contribution in [3.8, 4) is 0 Å². The summed E-state index contributed by atoms with van der Waals surface area (Å²) >= 11 is 0. The highest BCUT2D eigenvalue weighted by Gasteiger charge is 2.46. The fraction of sp³-hybridized carbons (Fsp3) is 0.769. The summed E-state index contributed by atoms with van der Waals surface area (Å²) in [5.41, 5.74) is -1.77. The second-order valence-corrected chi connectivity index (χ2v) is 8.50. The molecule has 0 saturated carbocycles. The van der Waals surface area contributed by atoms with Gasteiger partial charge in [-0.05, 0) is 41.5 Å². The Morgan fingerprint density at radius 2 is 1.57 bits per heavy atom. The number of carbonyl (C=O) groups excluding carboxylic acids is 1. The van der Waals surface area contributed by atoms with Crippen LogP contribution in [0.4, 0.5) is 13.2 Å². The molecule has 1 N–H and O–H groups in total. The highest BCUT2D eigenvalue weighted by molar-refractivity contribution is 7.84. The van der Waals surface area contributed by atoms with Gasteiger partial charge in [-0.15, -0.1) is 0 Å². The lowest BCUT2D eigenvalue weighted by Crippen LogP contribution is -2.50. The summed E-state index contributed by atoms with van der Waals surface area (Å²) in [6.07, 6.45) is -4.81. The number of carbonyl (C=O) groups is 1. The van der Waals surface area contributed by atoms with Crippen LogP contribution in [0.2, 0.25) is 0 Å². The average molecular weight is 329 g/mol. The second kappa shape index (κ2) is 6.48. The number of hydrogen-bond acceptors (Lipinski definition) is 3. The fourth-order valence-electron chi connectivity index (χ4n) is 1.08. The van der Waals surface area contributed by atoms with E-state index in [1.54, 1.807) is 0 Å². The average Bonchev–Trinajstić information content (AvgIpc) is 2.18. The molecule has 8 heteroatoms. The SMILES string of the molecule is C=C(C(=O)OC(C)(C)C)[C@@H](NS(=O)C(C)(C)C)C(F)(F)F.